The van der Waals surface area contributed by atoms with E-state index in [2.05, 4.69) is 30.6 Å². The molecule has 2 amide bonds. The van der Waals surface area contributed by atoms with E-state index >= 15 is 0 Å². The summed E-state index contributed by atoms with van der Waals surface area (Å²) in [6.45, 7) is 8.40. The predicted octanol–water partition coefficient (Wildman–Crippen LogP) is 2.48. The van der Waals surface area contributed by atoms with Gasteiger partial charge in [-0.1, -0.05) is 24.3 Å². The molecule has 0 fully saturated rings. The van der Waals surface area contributed by atoms with Gasteiger partial charge in [0.2, 0.25) is 0 Å². The number of urea groups is 1. The second-order valence-corrected chi connectivity index (χ2v) is 3.91. The lowest BCUT2D eigenvalue weighted by molar-refractivity contribution is 0.203. The molecule has 1 rings (SSSR count). The van der Waals surface area contributed by atoms with Crippen LogP contribution in [-0.4, -0.2) is 30.1 Å². The van der Waals surface area contributed by atoms with Gasteiger partial charge >= 0.3 is 6.03 Å². The zero-order valence-electron chi connectivity index (χ0n) is 9.69. The molecule has 0 saturated heterocycles. The molecule has 0 radical (unpaired) electrons. The Balaban J connectivity index is 2.43. The summed E-state index contributed by atoms with van der Waals surface area (Å²) in [6, 6.07) is 0.245. The summed E-state index contributed by atoms with van der Waals surface area (Å²) in [7, 11) is 0. The third-order valence-electron chi connectivity index (χ3n) is 2.58. The van der Waals surface area contributed by atoms with Crippen LogP contribution in [0.25, 0.3) is 0 Å². The third kappa shape index (κ3) is 3.93. The molecule has 3 nitrogen and oxygen atoms in total. The molecule has 0 aromatic heterocycles. The fraction of sp³-hybridized carbons (Fsp3) is 0.462. The Bertz CT molecular complexity index is 274. The molecule has 88 valence electrons. The van der Waals surface area contributed by atoms with E-state index in [0.29, 0.717) is 13.1 Å². The zero-order chi connectivity index (χ0) is 11.8. The monoisotopic (exact) mass is 220 g/mol. The van der Waals surface area contributed by atoms with Crippen molar-refractivity contribution in [1.29, 1.82) is 0 Å². The molecule has 0 unspecified atom stereocenters. The summed E-state index contributed by atoms with van der Waals surface area (Å²) < 4.78 is 0. The van der Waals surface area contributed by atoms with Crippen molar-refractivity contribution in [3.63, 3.8) is 0 Å². The lowest BCUT2D eigenvalue weighted by atomic mass is 10.0. The molecule has 0 saturated carbocycles. The first-order valence-corrected chi connectivity index (χ1v) is 5.70. The Morgan fingerprint density at radius 1 is 1.38 bits per heavy atom. The maximum atomic E-state index is 11.9. The molecule has 16 heavy (non-hydrogen) atoms. The largest absolute Gasteiger partial charge is 0.335 e. The van der Waals surface area contributed by atoms with Crippen molar-refractivity contribution in [2.45, 2.75) is 25.3 Å². The van der Waals surface area contributed by atoms with E-state index < -0.39 is 0 Å². The van der Waals surface area contributed by atoms with Gasteiger partial charge in [0.1, 0.15) is 0 Å². The second kappa shape index (κ2) is 6.88. The van der Waals surface area contributed by atoms with Gasteiger partial charge in [-0.05, 0) is 19.3 Å². The molecule has 1 aliphatic rings. The van der Waals surface area contributed by atoms with E-state index in [1.807, 2.05) is 0 Å². The topological polar surface area (TPSA) is 32.3 Å². The first-order valence-electron chi connectivity index (χ1n) is 5.70. The highest BCUT2D eigenvalue weighted by atomic mass is 16.2. The maximum Gasteiger partial charge on any atom is 0.318 e. The van der Waals surface area contributed by atoms with Crippen LogP contribution in [0.15, 0.2) is 37.5 Å². The fourth-order valence-electron chi connectivity index (χ4n) is 1.74. The van der Waals surface area contributed by atoms with Gasteiger partial charge in [-0.25, -0.2) is 4.79 Å². The number of carbonyl (C=O) groups is 1. The van der Waals surface area contributed by atoms with E-state index in [4.69, 9.17) is 0 Å². The molecule has 1 aliphatic carbocycles. The molecule has 3 heteroatoms. The van der Waals surface area contributed by atoms with Gasteiger partial charge in [-0.2, -0.15) is 0 Å². The zero-order valence-corrected chi connectivity index (χ0v) is 9.69. The number of allylic oxidation sites excluding steroid dienone is 1. The van der Waals surface area contributed by atoms with Crippen LogP contribution in [0, 0.1) is 0 Å². The number of nitrogens with one attached hydrogen (secondary N) is 1. The highest BCUT2D eigenvalue weighted by Crippen LogP contribution is 2.10. The third-order valence-corrected chi connectivity index (χ3v) is 2.58. The van der Waals surface area contributed by atoms with Crippen LogP contribution in [-0.2, 0) is 0 Å². The molecule has 1 N–H and O–H groups in total. The van der Waals surface area contributed by atoms with E-state index in [1.54, 1.807) is 17.1 Å². The van der Waals surface area contributed by atoms with E-state index in [-0.39, 0.29) is 12.1 Å². The molecule has 1 atom stereocenters. The van der Waals surface area contributed by atoms with Crippen LogP contribution < -0.4 is 5.32 Å². The summed E-state index contributed by atoms with van der Waals surface area (Å²) >= 11 is 0. The summed E-state index contributed by atoms with van der Waals surface area (Å²) in [6.07, 6.45) is 10.7. The Kier molecular flexibility index (Phi) is 5.40. The van der Waals surface area contributed by atoms with Gasteiger partial charge in [0.25, 0.3) is 0 Å². The highest BCUT2D eigenvalue weighted by Gasteiger charge is 2.16. The SMILES string of the molecule is C=CCN(CC=C)C(=O)N[C@H]1CC=CCC1. The number of carbonyl (C=O) groups excluding carboxylic acids is 1. The van der Waals surface area contributed by atoms with Crippen molar-refractivity contribution in [3.8, 4) is 0 Å². The van der Waals surface area contributed by atoms with Crippen molar-refractivity contribution < 1.29 is 4.79 Å². The number of rotatable bonds is 5. The quantitative estimate of drug-likeness (QED) is 0.709. The Morgan fingerprint density at radius 2 is 2.06 bits per heavy atom. The molecule has 0 bridgehead atoms. The summed E-state index contributed by atoms with van der Waals surface area (Å²) in [5, 5.41) is 3.03. The average molecular weight is 220 g/mol. The second-order valence-electron chi connectivity index (χ2n) is 3.91. The average Bonchev–Trinajstić information content (AvgIpc) is 2.30. The van der Waals surface area contributed by atoms with Crippen LogP contribution >= 0.6 is 0 Å². The smallest absolute Gasteiger partial charge is 0.318 e. The molecular weight excluding hydrogens is 200 g/mol. The number of hydrogen-bond donors (Lipinski definition) is 1. The molecule has 0 spiro atoms. The van der Waals surface area contributed by atoms with Crippen molar-refractivity contribution in [2.24, 2.45) is 0 Å². The van der Waals surface area contributed by atoms with Crippen molar-refractivity contribution in [2.75, 3.05) is 13.1 Å². The Hall–Kier alpha value is -1.51. The standard InChI is InChI=1S/C13H20N2O/c1-3-10-15(11-4-2)13(16)14-12-8-6-5-7-9-12/h3-6,12H,1-2,7-11H2,(H,14,16)/t12-/m0/s1. The van der Waals surface area contributed by atoms with Crippen LogP contribution in [0.3, 0.4) is 0 Å². The molecule has 0 aliphatic heterocycles. The van der Waals surface area contributed by atoms with Crippen LogP contribution in [0.1, 0.15) is 19.3 Å². The van der Waals surface area contributed by atoms with Crippen LogP contribution in [0.5, 0.6) is 0 Å². The first-order chi connectivity index (χ1) is 7.77. The molecule has 0 aromatic rings. The van der Waals surface area contributed by atoms with Crippen LogP contribution in [0.4, 0.5) is 4.79 Å². The van der Waals surface area contributed by atoms with Crippen molar-refractivity contribution in [3.05, 3.63) is 37.5 Å². The van der Waals surface area contributed by atoms with Gasteiger partial charge < -0.3 is 10.2 Å². The minimum absolute atomic E-state index is 0.0277. The van der Waals surface area contributed by atoms with Gasteiger partial charge in [-0.15, -0.1) is 13.2 Å². The van der Waals surface area contributed by atoms with Crippen LogP contribution in [0.2, 0.25) is 0 Å². The van der Waals surface area contributed by atoms with Gasteiger partial charge in [0.15, 0.2) is 0 Å². The number of nitrogens with zero attached hydrogens (tertiary/aromatic N) is 1. The summed E-state index contributed by atoms with van der Waals surface area (Å²) in [5.41, 5.74) is 0. The lowest BCUT2D eigenvalue weighted by Gasteiger charge is -2.25. The van der Waals surface area contributed by atoms with Gasteiger partial charge in [-0.3, -0.25) is 0 Å². The lowest BCUT2D eigenvalue weighted by Crippen LogP contribution is -2.45. The molecule has 0 aromatic carbocycles. The predicted molar refractivity (Wildman–Crippen MR) is 67.3 cm³/mol. The van der Waals surface area contributed by atoms with Gasteiger partial charge in [0, 0.05) is 19.1 Å². The van der Waals surface area contributed by atoms with E-state index in [0.717, 1.165) is 19.3 Å². The van der Waals surface area contributed by atoms with E-state index in [1.165, 1.54) is 0 Å². The minimum atomic E-state index is -0.0277. The summed E-state index contributed by atoms with van der Waals surface area (Å²) in [5.74, 6) is 0. The molecule has 0 heterocycles. The number of hydrogen-bond acceptors (Lipinski definition) is 1. The van der Waals surface area contributed by atoms with Gasteiger partial charge in [0.05, 0.1) is 0 Å². The van der Waals surface area contributed by atoms with E-state index in [9.17, 15) is 4.79 Å². The molecular formula is C13H20N2O. The van der Waals surface area contributed by atoms with Crippen molar-refractivity contribution >= 4 is 6.03 Å². The maximum absolute atomic E-state index is 11.9. The minimum Gasteiger partial charge on any atom is -0.335 e. The highest BCUT2D eigenvalue weighted by molar-refractivity contribution is 5.74. The summed E-state index contributed by atoms with van der Waals surface area (Å²) in [4.78, 5) is 13.6. The van der Waals surface area contributed by atoms with Crippen molar-refractivity contribution in [1.82, 2.24) is 10.2 Å². The first kappa shape index (κ1) is 12.6. The normalized spacial score (nSPS) is 18.9. The fourth-order valence-corrected chi connectivity index (χ4v) is 1.74. The number of amides is 2. The Morgan fingerprint density at radius 3 is 2.56 bits per heavy atom. The Labute approximate surface area is 97.5 Å².